The van der Waals surface area contributed by atoms with Crippen molar-refractivity contribution in [3.05, 3.63) is 48.7 Å². The molecule has 3 aliphatic heterocycles. The molecule has 50 heavy (non-hydrogen) atoms. The molecule has 6 atom stereocenters. The maximum atomic E-state index is 14.4. The van der Waals surface area contributed by atoms with Crippen molar-refractivity contribution in [1.29, 1.82) is 0 Å². The van der Waals surface area contributed by atoms with Gasteiger partial charge in [0, 0.05) is 30.3 Å². The normalized spacial score (nSPS) is 30.3. The fraction of sp³-hybridized carbons (Fsp3) is 0.571. The predicted molar refractivity (Wildman–Crippen MR) is 180 cm³/mol. The molecule has 1 aromatic heterocycles. The van der Waals surface area contributed by atoms with Crippen LogP contribution < -0.4 is 20.1 Å². The number of nitrogens with one attached hydrogen (secondary N) is 3. The van der Waals surface area contributed by atoms with Crippen LogP contribution in [0, 0.1) is 5.92 Å². The molecule has 268 valence electrons. The average Bonchev–Trinajstić information content (AvgIpc) is 3.97. The van der Waals surface area contributed by atoms with E-state index in [2.05, 4.69) is 20.3 Å². The van der Waals surface area contributed by atoms with Crippen LogP contribution in [0.2, 0.25) is 0 Å². The van der Waals surface area contributed by atoms with Crippen LogP contribution in [0.25, 0.3) is 10.8 Å². The van der Waals surface area contributed by atoms with Crippen molar-refractivity contribution in [1.82, 2.24) is 25.2 Å². The molecule has 4 heterocycles. The van der Waals surface area contributed by atoms with Crippen molar-refractivity contribution in [2.75, 3.05) is 19.8 Å². The van der Waals surface area contributed by atoms with Gasteiger partial charge in [-0.3, -0.25) is 19.1 Å². The molecule has 2 aliphatic carbocycles. The number of alkyl carbamates (subject to hydrolysis) is 1. The summed E-state index contributed by atoms with van der Waals surface area (Å²) in [5.74, 6) is -1.92. The molecule has 2 saturated heterocycles. The van der Waals surface area contributed by atoms with Gasteiger partial charge in [-0.2, -0.15) is 0 Å². The monoisotopic (exact) mass is 709 g/mol. The van der Waals surface area contributed by atoms with Gasteiger partial charge in [0.05, 0.1) is 25.0 Å². The van der Waals surface area contributed by atoms with Crippen LogP contribution in [0.5, 0.6) is 5.88 Å². The highest BCUT2D eigenvalue weighted by Crippen LogP contribution is 2.46. The molecular formula is C35H43N5O9S. The molecule has 0 radical (unpaired) electrons. The van der Waals surface area contributed by atoms with Crippen LogP contribution in [-0.2, 0) is 33.9 Å². The Morgan fingerprint density at radius 2 is 1.88 bits per heavy atom. The maximum absolute atomic E-state index is 14.4. The first kappa shape index (κ1) is 34.2. The second-order valence-electron chi connectivity index (χ2n) is 13.9. The summed E-state index contributed by atoms with van der Waals surface area (Å²) in [5.41, 5.74) is -1.48. The van der Waals surface area contributed by atoms with E-state index in [9.17, 15) is 27.6 Å². The average molecular weight is 710 g/mol. The van der Waals surface area contributed by atoms with E-state index in [0.29, 0.717) is 51.0 Å². The van der Waals surface area contributed by atoms with Crippen molar-refractivity contribution in [3.8, 4) is 5.88 Å². The van der Waals surface area contributed by atoms with Crippen molar-refractivity contribution >= 4 is 44.6 Å². The number of aromatic nitrogens is 1. The zero-order chi connectivity index (χ0) is 34.9. The van der Waals surface area contributed by atoms with Gasteiger partial charge in [-0.1, -0.05) is 43.2 Å². The largest absolute Gasteiger partial charge is 0.472 e. The van der Waals surface area contributed by atoms with Gasteiger partial charge in [0.1, 0.15) is 29.8 Å². The molecule has 3 N–H and O–H groups in total. The predicted octanol–water partition coefficient (Wildman–Crippen LogP) is 2.47. The number of benzene rings is 1. The quantitative estimate of drug-likeness (QED) is 0.361. The number of hydrogen-bond acceptors (Lipinski definition) is 10. The van der Waals surface area contributed by atoms with E-state index in [0.717, 1.165) is 23.6 Å². The van der Waals surface area contributed by atoms with Crippen LogP contribution in [-0.4, -0.2) is 97.0 Å². The highest BCUT2D eigenvalue weighted by atomic mass is 32.2. The molecular weight excluding hydrogens is 666 g/mol. The van der Waals surface area contributed by atoms with E-state index in [1.165, 1.54) is 4.90 Å². The molecule has 2 aromatic rings. The molecule has 2 saturated carbocycles. The highest BCUT2D eigenvalue weighted by molar-refractivity contribution is 7.91. The number of nitrogens with zero attached hydrogens (tertiary/aromatic N) is 2. The van der Waals surface area contributed by atoms with Gasteiger partial charge in [0.15, 0.2) is 0 Å². The fourth-order valence-corrected chi connectivity index (χ4v) is 8.49. The molecule has 0 bridgehead atoms. The van der Waals surface area contributed by atoms with Gasteiger partial charge in [0.25, 0.3) is 5.91 Å². The Morgan fingerprint density at radius 1 is 1.04 bits per heavy atom. The number of sulfonamides is 1. The number of ether oxygens (including phenoxy) is 3. The number of rotatable bonds is 7. The zero-order valence-corrected chi connectivity index (χ0v) is 28.6. The van der Waals surface area contributed by atoms with E-state index in [1.807, 2.05) is 42.5 Å². The minimum atomic E-state index is -3.87. The zero-order valence-electron chi connectivity index (χ0n) is 27.8. The second kappa shape index (κ2) is 14.2. The van der Waals surface area contributed by atoms with Crippen molar-refractivity contribution in [2.24, 2.45) is 5.92 Å². The van der Waals surface area contributed by atoms with Gasteiger partial charge in [0.2, 0.25) is 27.7 Å². The third-order valence-electron chi connectivity index (χ3n) is 10.2. The van der Waals surface area contributed by atoms with Gasteiger partial charge in [-0.05, 0) is 56.0 Å². The standard InChI is InChI=1S/C35H43N5O9S/c41-30-29-18-25(48-31-27-10-7-6-8-22(27)14-16-36-31)20-40(29)32(42)28(37-34(44)49-24-15-17-47-21-24)11-5-3-1-2-4-9-23-19-35(23,38-30)33(43)39-50(45,46)26-12-13-26/h4,6-10,14,16,23-26,28-29H,1-3,5,11-13,15,17-21H2,(H,37,44)(H,38,41)(H,39,43)/t23-,24+,25-,28+,29+,35-/m1/s1. The number of hydrogen-bond donors (Lipinski definition) is 3. The van der Waals surface area contributed by atoms with Crippen LogP contribution >= 0.6 is 0 Å². The lowest BCUT2D eigenvalue weighted by molar-refractivity contribution is -0.141. The summed E-state index contributed by atoms with van der Waals surface area (Å²) < 4.78 is 45.0. The number of pyridine rings is 1. The number of fused-ring (bicyclic) bond motifs is 3. The minimum Gasteiger partial charge on any atom is -0.472 e. The Labute approximate surface area is 290 Å². The third-order valence-corrected chi connectivity index (χ3v) is 12.0. The lowest BCUT2D eigenvalue weighted by Gasteiger charge is -2.30. The number of carbonyl (C=O) groups excluding carboxylic acids is 4. The molecule has 4 fully saturated rings. The highest BCUT2D eigenvalue weighted by Gasteiger charge is 2.62. The Balaban J connectivity index is 1.17. The molecule has 4 amide bonds. The van der Waals surface area contributed by atoms with E-state index in [1.54, 1.807) is 6.20 Å². The van der Waals surface area contributed by atoms with Crippen LogP contribution in [0.15, 0.2) is 48.7 Å². The van der Waals surface area contributed by atoms with Crippen molar-refractivity contribution in [3.63, 3.8) is 0 Å². The van der Waals surface area contributed by atoms with Crippen LogP contribution in [0.1, 0.15) is 64.2 Å². The Kier molecular flexibility index (Phi) is 9.70. The minimum absolute atomic E-state index is 0.0180. The number of amides is 4. The molecule has 7 rings (SSSR count). The summed E-state index contributed by atoms with van der Waals surface area (Å²) in [6.07, 6.45) is 8.72. The topological polar surface area (TPSA) is 182 Å². The summed E-state index contributed by atoms with van der Waals surface area (Å²) in [4.78, 5) is 61.1. The summed E-state index contributed by atoms with van der Waals surface area (Å²) >= 11 is 0. The van der Waals surface area contributed by atoms with E-state index >= 15 is 0 Å². The molecule has 0 unspecified atom stereocenters. The molecule has 0 spiro atoms. The van der Waals surface area contributed by atoms with Crippen molar-refractivity contribution in [2.45, 2.75) is 99.3 Å². The smallest absolute Gasteiger partial charge is 0.408 e. The number of carbonyl (C=O) groups is 4. The van der Waals surface area contributed by atoms with Crippen molar-refractivity contribution < 1.29 is 41.8 Å². The van der Waals surface area contributed by atoms with Gasteiger partial charge >= 0.3 is 6.09 Å². The van der Waals surface area contributed by atoms with Crippen LogP contribution in [0.4, 0.5) is 4.79 Å². The summed E-state index contributed by atoms with van der Waals surface area (Å²) in [7, 11) is -3.87. The van der Waals surface area contributed by atoms with Gasteiger partial charge < -0.3 is 29.7 Å². The van der Waals surface area contributed by atoms with Gasteiger partial charge in [-0.25, -0.2) is 18.2 Å². The maximum Gasteiger partial charge on any atom is 0.408 e. The first-order valence-corrected chi connectivity index (χ1v) is 19.1. The molecule has 5 aliphatic rings. The first-order chi connectivity index (χ1) is 24.1. The van der Waals surface area contributed by atoms with E-state index in [4.69, 9.17) is 14.2 Å². The van der Waals surface area contributed by atoms with Gasteiger partial charge in [-0.15, -0.1) is 0 Å². The van der Waals surface area contributed by atoms with E-state index in [-0.39, 0.29) is 26.0 Å². The fourth-order valence-electron chi connectivity index (χ4n) is 7.12. The Hall–Kier alpha value is -4.24. The molecule has 14 nitrogen and oxygen atoms in total. The third kappa shape index (κ3) is 7.43. The second-order valence-corrected chi connectivity index (χ2v) is 15.9. The van der Waals surface area contributed by atoms with Crippen LogP contribution in [0.3, 0.4) is 0 Å². The SMILES string of the molecule is O=C(N[C@H]1CCCCCC=C[C@@H]2C[C@@]2(C(=O)NS(=O)(=O)C2CC2)NC(=O)[C@@H]2C[C@@H](Oc3nccc4ccccc34)CN2C1=O)O[C@H]1CCOC1. The van der Waals surface area contributed by atoms with E-state index < -0.39 is 74.8 Å². The lowest BCUT2D eigenvalue weighted by atomic mass is 10.0. The Morgan fingerprint density at radius 3 is 2.68 bits per heavy atom. The number of allylic oxidation sites excluding steroid dienone is 1. The molecule has 15 heteroatoms. The lowest BCUT2D eigenvalue weighted by Crippen LogP contribution is -2.58. The first-order valence-electron chi connectivity index (χ1n) is 17.5. The Bertz CT molecular complexity index is 1770. The summed E-state index contributed by atoms with van der Waals surface area (Å²) in [6, 6.07) is 7.38. The molecule has 1 aromatic carbocycles. The summed E-state index contributed by atoms with van der Waals surface area (Å²) in [6.45, 7) is 0.788. The summed E-state index contributed by atoms with van der Waals surface area (Å²) in [5, 5.41) is 6.69.